The van der Waals surface area contributed by atoms with Crippen LogP contribution < -0.4 is 20.3 Å². The molecular formula is C21H20ClN3O5S2. The molecule has 0 fully saturated rings. The first kappa shape index (κ1) is 23.6. The topological polar surface area (TPSA) is 114 Å². The number of aryl methyl sites for hydroxylation is 1. The molecule has 32 heavy (non-hydrogen) atoms. The Bertz CT molecular complexity index is 1230. The highest BCUT2D eigenvalue weighted by atomic mass is 35.5. The molecular weight excluding hydrogens is 474 g/mol. The molecule has 2 aromatic carbocycles. The number of sulfonamides is 1. The third-order valence-electron chi connectivity index (χ3n) is 4.29. The highest BCUT2D eigenvalue weighted by molar-refractivity contribution is 7.94. The first-order valence-corrected chi connectivity index (χ1v) is 12.1. The summed E-state index contributed by atoms with van der Waals surface area (Å²) in [5, 5.41) is 2.19. The average molecular weight is 494 g/mol. The van der Waals surface area contributed by atoms with Crippen LogP contribution in [0, 0.1) is 6.92 Å². The van der Waals surface area contributed by atoms with Crippen molar-refractivity contribution in [3.8, 4) is 5.75 Å². The molecule has 0 aliphatic heterocycles. The molecule has 3 N–H and O–H groups in total. The monoisotopic (exact) mass is 493 g/mol. The number of hydrogen-bond donors (Lipinski definition) is 3. The molecule has 0 aliphatic carbocycles. The maximum Gasteiger partial charge on any atom is 0.279 e. The third-order valence-corrected chi connectivity index (χ3v) is 7.28. The molecule has 0 saturated carbocycles. The van der Waals surface area contributed by atoms with E-state index < -0.39 is 27.9 Å². The molecule has 1 aromatic heterocycles. The van der Waals surface area contributed by atoms with E-state index in [2.05, 4.69) is 15.6 Å². The molecule has 0 aliphatic rings. The van der Waals surface area contributed by atoms with Crippen LogP contribution in [-0.4, -0.2) is 26.3 Å². The van der Waals surface area contributed by atoms with Gasteiger partial charge < -0.3 is 4.74 Å². The summed E-state index contributed by atoms with van der Waals surface area (Å²) in [5.74, 6) is -0.807. The van der Waals surface area contributed by atoms with E-state index in [0.29, 0.717) is 10.8 Å². The van der Waals surface area contributed by atoms with Crippen LogP contribution in [0.5, 0.6) is 5.75 Å². The van der Waals surface area contributed by atoms with Gasteiger partial charge in [0.05, 0.1) is 11.3 Å². The molecule has 0 spiro atoms. The Balaban J connectivity index is 1.64. The maximum atomic E-state index is 12.6. The molecule has 1 heterocycles. The largest absolute Gasteiger partial charge is 0.481 e. The predicted molar refractivity (Wildman–Crippen MR) is 123 cm³/mol. The Kier molecular flexibility index (Phi) is 7.39. The van der Waals surface area contributed by atoms with Gasteiger partial charge >= 0.3 is 0 Å². The second-order valence-corrected chi connectivity index (χ2v) is 9.99. The lowest BCUT2D eigenvalue weighted by Gasteiger charge is -2.17. The van der Waals surface area contributed by atoms with E-state index in [0.717, 1.165) is 16.9 Å². The van der Waals surface area contributed by atoms with E-state index in [-0.39, 0.29) is 15.5 Å². The van der Waals surface area contributed by atoms with E-state index >= 15 is 0 Å². The van der Waals surface area contributed by atoms with Gasteiger partial charge in [-0.2, -0.15) is 0 Å². The lowest BCUT2D eigenvalue weighted by atomic mass is 10.2. The number of thiophene rings is 1. The van der Waals surface area contributed by atoms with Crippen molar-refractivity contribution >= 4 is 50.5 Å². The Morgan fingerprint density at radius 3 is 2.50 bits per heavy atom. The van der Waals surface area contributed by atoms with Gasteiger partial charge in [0.1, 0.15) is 9.96 Å². The zero-order chi connectivity index (χ0) is 23.3. The fourth-order valence-electron chi connectivity index (χ4n) is 2.66. The summed E-state index contributed by atoms with van der Waals surface area (Å²) in [6.45, 7) is 3.32. The molecule has 3 aromatic rings. The minimum absolute atomic E-state index is 0.0371. The van der Waals surface area contributed by atoms with Gasteiger partial charge in [-0.05, 0) is 61.2 Å². The van der Waals surface area contributed by atoms with Gasteiger partial charge in [0.2, 0.25) is 0 Å². The summed E-state index contributed by atoms with van der Waals surface area (Å²) in [6.07, 6.45) is -0.914. The Morgan fingerprint density at radius 1 is 1.06 bits per heavy atom. The molecule has 11 heteroatoms. The van der Waals surface area contributed by atoms with Crippen molar-refractivity contribution < 1.29 is 22.7 Å². The maximum absolute atomic E-state index is 12.6. The Hall–Kier alpha value is -3.08. The van der Waals surface area contributed by atoms with Crippen LogP contribution in [0.4, 0.5) is 5.69 Å². The zero-order valence-electron chi connectivity index (χ0n) is 17.1. The van der Waals surface area contributed by atoms with Crippen LogP contribution in [0.3, 0.4) is 0 Å². The standard InChI is InChI=1S/C21H20ClN3O5S2/c1-13-12-15(22)9-10-18(13)30-14(2)20(26)23-24-21(27)16-6-3-4-7-17(16)25-32(28,29)19-8-5-11-31-19/h3-12,14,25H,1-2H3,(H,23,26)(H,24,27). The number of nitrogens with one attached hydrogen (secondary N) is 3. The predicted octanol–water partition coefficient (Wildman–Crippen LogP) is 3.74. The van der Waals surface area contributed by atoms with E-state index in [4.69, 9.17) is 16.3 Å². The van der Waals surface area contributed by atoms with Crippen molar-refractivity contribution in [2.24, 2.45) is 0 Å². The van der Waals surface area contributed by atoms with Gasteiger partial charge in [-0.3, -0.25) is 25.2 Å². The Labute approximate surface area is 194 Å². The van der Waals surface area contributed by atoms with Gasteiger partial charge in [-0.15, -0.1) is 11.3 Å². The SMILES string of the molecule is Cc1cc(Cl)ccc1OC(C)C(=O)NNC(=O)c1ccccc1NS(=O)(=O)c1cccs1. The lowest BCUT2D eigenvalue weighted by molar-refractivity contribution is -0.128. The molecule has 3 rings (SSSR count). The lowest BCUT2D eigenvalue weighted by Crippen LogP contribution is -2.47. The number of benzene rings is 2. The van der Waals surface area contributed by atoms with E-state index in [1.54, 1.807) is 48.7 Å². The number of ether oxygens (including phenoxy) is 1. The minimum Gasteiger partial charge on any atom is -0.481 e. The van der Waals surface area contributed by atoms with Crippen molar-refractivity contribution in [1.29, 1.82) is 0 Å². The van der Waals surface area contributed by atoms with Crippen LogP contribution in [0.15, 0.2) is 64.2 Å². The number of carbonyl (C=O) groups is 2. The molecule has 168 valence electrons. The summed E-state index contributed by atoms with van der Waals surface area (Å²) >= 11 is 6.97. The molecule has 0 radical (unpaired) electrons. The van der Waals surface area contributed by atoms with Crippen LogP contribution in [0.2, 0.25) is 5.02 Å². The summed E-state index contributed by atoms with van der Waals surface area (Å²) in [5.41, 5.74) is 5.44. The summed E-state index contributed by atoms with van der Waals surface area (Å²) in [4.78, 5) is 24.9. The number of anilines is 1. The quantitative estimate of drug-likeness (QED) is 0.434. The van der Waals surface area contributed by atoms with E-state index in [1.807, 2.05) is 0 Å². The fraction of sp³-hybridized carbons (Fsp3) is 0.143. The summed E-state index contributed by atoms with van der Waals surface area (Å²) < 4.78 is 33.1. The van der Waals surface area contributed by atoms with Crippen LogP contribution in [0.1, 0.15) is 22.8 Å². The van der Waals surface area contributed by atoms with Crippen molar-refractivity contribution in [2.45, 2.75) is 24.2 Å². The van der Waals surface area contributed by atoms with Gasteiger partial charge in [0.25, 0.3) is 21.8 Å². The van der Waals surface area contributed by atoms with Gasteiger partial charge in [-0.1, -0.05) is 29.8 Å². The Morgan fingerprint density at radius 2 is 1.81 bits per heavy atom. The highest BCUT2D eigenvalue weighted by Crippen LogP contribution is 2.24. The highest BCUT2D eigenvalue weighted by Gasteiger charge is 2.21. The molecule has 8 nitrogen and oxygen atoms in total. The number of hydrazine groups is 1. The third kappa shape index (κ3) is 5.78. The summed E-state index contributed by atoms with van der Waals surface area (Å²) in [6, 6.07) is 14.1. The van der Waals surface area contributed by atoms with Crippen LogP contribution >= 0.6 is 22.9 Å². The number of rotatable bonds is 7. The molecule has 1 unspecified atom stereocenters. The van der Waals surface area contributed by atoms with Crippen molar-refractivity contribution in [3.05, 3.63) is 76.1 Å². The number of hydrogen-bond acceptors (Lipinski definition) is 6. The first-order chi connectivity index (χ1) is 15.2. The van der Waals surface area contributed by atoms with Crippen LogP contribution in [0.25, 0.3) is 0 Å². The normalized spacial score (nSPS) is 12.0. The van der Waals surface area contributed by atoms with E-state index in [1.165, 1.54) is 25.1 Å². The van der Waals surface area contributed by atoms with E-state index in [9.17, 15) is 18.0 Å². The molecule has 1 atom stereocenters. The van der Waals surface area contributed by atoms with Crippen LogP contribution in [-0.2, 0) is 14.8 Å². The molecule has 2 amide bonds. The molecule has 0 bridgehead atoms. The summed E-state index contributed by atoms with van der Waals surface area (Å²) in [7, 11) is -3.84. The molecule has 0 saturated heterocycles. The minimum atomic E-state index is -3.84. The van der Waals surface area contributed by atoms with Crippen molar-refractivity contribution in [3.63, 3.8) is 0 Å². The number of amides is 2. The first-order valence-electron chi connectivity index (χ1n) is 9.36. The number of halogens is 1. The van der Waals surface area contributed by atoms with Crippen molar-refractivity contribution in [2.75, 3.05) is 4.72 Å². The zero-order valence-corrected chi connectivity index (χ0v) is 19.5. The van der Waals surface area contributed by atoms with Gasteiger partial charge in [0.15, 0.2) is 6.10 Å². The van der Waals surface area contributed by atoms with Gasteiger partial charge in [0, 0.05) is 5.02 Å². The fourth-order valence-corrected chi connectivity index (χ4v) is 4.96. The second-order valence-electron chi connectivity index (χ2n) is 6.70. The number of para-hydroxylation sites is 1. The van der Waals surface area contributed by atoms with Crippen molar-refractivity contribution in [1.82, 2.24) is 10.9 Å². The smallest absolute Gasteiger partial charge is 0.279 e. The average Bonchev–Trinajstić information content (AvgIpc) is 3.30. The second kappa shape index (κ2) is 10.0. The van der Waals surface area contributed by atoms with Gasteiger partial charge in [-0.25, -0.2) is 8.42 Å². The number of carbonyl (C=O) groups excluding carboxylic acids is 2.